The lowest BCUT2D eigenvalue weighted by Crippen LogP contribution is -2.43. The fourth-order valence-corrected chi connectivity index (χ4v) is 2.70. The highest BCUT2D eigenvalue weighted by molar-refractivity contribution is 7.12. The summed E-state index contributed by atoms with van der Waals surface area (Å²) in [6, 6.07) is 8.61. The number of carbonyl (C=O) groups excluding carboxylic acids is 3. The van der Waals surface area contributed by atoms with Crippen LogP contribution in [0.2, 0.25) is 5.02 Å². The molecule has 1 atom stereocenters. The number of urea groups is 1. The zero-order chi connectivity index (χ0) is 17.5. The maximum atomic E-state index is 12.0. The first-order chi connectivity index (χ1) is 11.5. The zero-order valence-corrected chi connectivity index (χ0v) is 14.0. The predicted molar refractivity (Wildman–Crippen MR) is 91.5 cm³/mol. The van der Waals surface area contributed by atoms with Gasteiger partial charge in [-0.25, -0.2) is 4.79 Å². The van der Waals surface area contributed by atoms with E-state index in [1.165, 1.54) is 11.3 Å². The van der Waals surface area contributed by atoms with Crippen molar-refractivity contribution in [2.45, 2.75) is 12.5 Å². The molecular formula is C15H15ClN4O3S. The molecule has 0 fully saturated rings. The molecule has 2 rings (SSSR count). The summed E-state index contributed by atoms with van der Waals surface area (Å²) >= 11 is 7.08. The Hall–Kier alpha value is -2.58. The molecule has 0 unspecified atom stereocenters. The fraction of sp³-hybridized carbons (Fsp3) is 0.133. The number of benzene rings is 1. The summed E-state index contributed by atoms with van der Waals surface area (Å²) in [4.78, 5) is 35.4. The number of thiophene rings is 1. The van der Waals surface area contributed by atoms with Crippen molar-refractivity contribution >= 4 is 40.8 Å². The second kappa shape index (κ2) is 8.32. The van der Waals surface area contributed by atoms with Gasteiger partial charge in [0, 0.05) is 5.02 Å². The first kappa shape index (κ1) is 17.8. The summed E-state index contributed by atoms with van der Waals surface area (Å²) in [6.07, 6.45) is -0.102. The van der Waals surface area contributed by atoms with E-state index >= 15 is 0 Å². The van der Waals surface area contributed by atoms with Gasteiger partial charge in [0.25, 0.3) is 5.91 Å². The van der Waals surface area contributed by atoms with E-state index in [1.54, 1.807) is 41.8 Å². The minimum atomic E-state index is -0.759. The highest BCUT2D eigenvalue weighted by Crippen LogP contribution is 2.19. The van der Waals surface area contributed by atoms with Gasteiger partial charge in [0.05, 0.1) is 17.3 Å². The van der Waals surface area contributed by atoms with E-state index in [0.717, 1.165) is 0 Å². The van der Waals surface area contributed by atoms with Crippen LogP contribution >= 0.6 is 22.9 Å². The standard InChI is InChI=1S/C15H15ClN4O3S/c16-10-5-3-9(4-6-10)11(18-15(17)23)8-13(21)19-20-14(22)12-2-1-7-24-12/h1-7,11H,8H2,(H,19,21)(H,20,22)(H3,17,18,23)/t11-/m0/s1. The average molecular weight is 367 g/mol. The van der Waals surface area contributed by atoms with Crippen molar-refractivity contribution in [3.8, 4) is 0 Å². The minimum absolute atomic E-state index is 0.102. The molecule has 0 bridgehead atoms. The third kappa shape index (κ3) is 5.25. The summed E-state index contributed by atoms with van der Waals surface area (Å²) in [7, 11) is 0. The van der Waals surface area contributed by atoms with Gasteiger partial charge in [-0.15, -0.1) is 11.3 Å². The van der Waals surface area contributed by atoms with E-state index in [0.29, 0.717) is 15.5 Å². The van der Waals surface area contributed by atoms with Crippen LogP contribution in [0.5, 0.6) is 0 Å². The predicted octanol–water partition coefficient (Wildman–Crippen LogP) is 1.96. The topological polar surface area (TPSA) is 113 Å². The normalized spacial score (nSPS) is 11.4. The molecule has 0 aliphatic carbocycles. The summed E-state index contributed by atoms with van der Waals surface area (Å²) in [5, 5.41) is 4.77. The molecular weight excluding hydrogens is 352 g/mol. The van der Waals surface area contributed by atoms with Gasteiger partial charge >= 0.3 is 6.03 Å². The van der Waals surface area contributed by atoms with E-state index < -0.39 is 23.9 Å². The molecule has 0 saturated carbocycles. The van der Waals surface area contributed by atoms with Crippen molar-refractivity contribution in [3.63, 3.8) is 0 Å². The van der Waals surface area contributed by atoms with Crippen LogP contribution in [0, 0.1) is 0 Å². The van der Waals surface area contributed by atoms with Gasteiger partial charge in [-0.3, -0.25) is 20.4 Å². The van der Waals surface area contributed by atoms with Crippen LogP contribution in [0.3, 0.4) is 0 Å². The number of hydrogen-bond acceptors (Lipinski definition) is 4. The highest BCUT2D eigenvalue weighted by Gasteiger charge is 2.18. The molecule has 1 aromatic heterocycles. The van der Waals surface area contributed by atoms with Crippen LogP contribution in [-0.2, 0) is 4.79 Å². The van der Waals surface area contributed by atoms with Crippen molar-refractivity contribution < 1.29 is 14.4 Å². The maximum Gasteiger partial charge on any atom is 0.312 e. The third-order valence-corrected chi connectivity index (χ3v) is 4.16. The molecule has 0 radical (unpaired) electrons. The molecule has 0 saturated heterocycles. The Kier molecular flexibility index (Phi) is 6.16. The van der Waals surface area contributed by atoms with Crippen molar-refractivity contribution in [2.75, 3.05) is 0 Å². The van der Waals surface area contributed by atoms with E-state index in [2.05, 4.69) is 16.2 Å². The van der Waals surface area contributed by atoms with E-state index in [9.17, 15) is 14.4 Å². The summed E-state index contributed by atoms with van der Waals surface area (Å²) in [5.41, 5.74) is 10.4. The lowest BCUT2D eigenvalue weighted by atomic mass is 10.0. The van der Waals surface area contributed by atoms with Crippen LogP contribution in [0.1, 0.15) is 27.7 Å². The number of hydrogen-bond donors (Lipinski definition) is 4. The van der Waals surface area contributed by atoms with Gasteiger partial charge in [0.15, 0.2) is 0 Å². The summed E-state index contributed by atoms with van der Waals surface area (Å²) in [6.45, 7) is 0. The lowest BCUT2D eigenvalue weighted by Gasteiger charge is -2.18. The number of amides is 4. The van der Waals surface area contributed by atoms with Gasteiger partial charge < -0.3 is 11.1 Å². The van der Waals surface area contributed by atoms with Crippen molar-refractivity contribution in [1.29, 1.82) is 0 Å². The van der Waals surface area contributed by atoms with Crippen LogP contribution in [0.25, 0.3) is 0 Å². The van der Waals surface area contributed by atoms with Crippen molar-refractivity contribution in [2.24, 2.45) is 5.73 Å². The maximum absolute atomic E-state index is 12.0. The lowest BCUT2D eigenvalue weighted by molar-refractivity contribution is -0.122. The van der Waals surface area contributed by atoms with E-state index in [4.69, 9.17) is 17.3 Å². The van der Waals surface area contributed by atoms with Crippen molar-refractivity contribution in [3.05, 3.63) is 57.2 Å². The Balaban J connectivity index is 1.95. The van der Waals surface area contributed by atoms with Gasteiger partial charge in [-0.05, 0) is 29.1 Å². The summed E-state index contributed by atoms with van der Waals surface area (Å²) in [5.74, 6) is -0.891. The average Bonchev–Trinajstić information content (AvgIpc) is 3.07. The number of rotatable bonds is 5. The number of hydrazine groups is 1. The first-order valence-electron chi connectivity index (χ1n) is 6.90. The van der Waals surface area contributed by atoms with Crippen LogP contribution in [0.15, 0.2) is 41.8 Å². The van der Waals surface area contributed by atoms with E-state index in [-0.39, 0.29) is 6.42 Å². The summed E-state index contributed by atoms with van der Waals surface area (Å²) < 4.78 is 0. The van der Waals surface area contributed by atoms with Crippen LogP contribution in [-0.4, -0.2) is 17.8 Å². The Morgan fingerprint density at radius 1 is 1.12 bits per heavy atom. The van der Waals surface area contributed by atoms with Gasteiger partial charge in [0.1, 0.15) is 0 Å². The second-order valence-corrected chi connectivity index (χ2v) is 6.18. The van der Waals surface area contributed by atoms with Crippen LogP contribution in [0.4, 0.5) is 4.79 Å². The molecule has 9 heteroatoms. The number of nitrogens with one attached hydrogen (secondary N) is 3. The zero-order valence-electron chi connectivity index (χ0n) is 12.4. The minimum Gasteiger partial charge on any atom is -0.352 e. The SMILES string of the molecule is NC(=O)N[C@@H](CC(=O)NNC(=O)c1cccs1)c1ccc(Cl)cc1. The monoisotopic (exact) mass is 366 g/mol. The Bertz CT molecular complexity index is 719. The Labute approximate surface area is 147 Å². The number of carbonyl (C=O) groups is 3. The second-order valence-electron chi connectivity index (χ2n) is 4.80. The van der Waals surface area contributed by atoms with E-state index in [1.807, 2.05) is 0 Å². The molecule has 24 heavy (non-hydrogen) atoms. The van der Waals surface area contributed by atoms with Gasteiger partial charge in [-0.1, -0.05) is 29.8 Å². The number of primary amides is 1. The highest BCUT2D eigenvalue weighted by atomic mass is 35.5. The fourth-order valence-electron chi connectivity index (χ4n) is 1.95. The molecule has 2 aromatic rings. The molecule has 126 valence electrons. The molecule has 7 nitrogen and oxygen atoms in total. The largest absolute Gasteiger partial charge is 0.352 e. The van der Waals surface area contributed by atoms with Gasteiger partial charge in [0.2, 0.25) is 5.91 Å². The van der Waals surface area contributed by atoms with Crippen molar-refractivity contribution in [1.82, 2.24) is 16.2 Å². The number of nitrogens with two attached hydrogens (primary N) is 1. The third-order valence-electron chi connectivity index (χ3n) is 3.04. The molecule has 1 aromatic carbocycles. The quantitative estimate of drug-likeness (QED) is 0.606. The number of halogens is 1. The molecule has 4 amide bonds. The molecule has 1 heterocycles. The molecule has 0 spiro atoms. The van der Waals surface area contributed by atoms with Crippen LogP contribution < -0.4 is 21.9 Å². The molecule has 0 aliphatic rings. The smallest absolute Gasteiger partial charge is 0.312 e. The first-order valence-corrected chi connectivity index (χ1v) is 8.15. The Morgan fingerprint density at radius 3 is 2.42 bits per heavy atom. The Morgan fingerprint density at radius 2 is 1.83 bits per heavy atom. The molecule has 5 N–H and O–H groups in total. The van der Waals surface area contributed by atoms with Gasteiger partial charge in [-0.2, -0.15) is 0 Å². The molecule has 0 aliphatic heterocycles.